The summed E-state index contributed by atoms with van der Waals surface area (Å²) in [6.45, 7) is 5.14. The molecule has 3 aromatic heterocycles. The van der Waals surface area contributed by atoms with Crippen LogP contribution >= 0.6 is 0 Å². The minimum Gasteiger partial charge on any atom is -0.313 e. The molecule has 8 heteroatoms. The van der Waals surface area contributed by atoms with E-state index in [4.69, 9.17) is 10.1 Å². The van der Waals surface area contributed by atoms with Gasteiger partial charge in [0, 0.05) is 24.7 Å². The molecule has 0 unspecified atom stereocenters. The number of benzene rings is 1. The number of hydrogen-bond donors (Lipinski definition) is 1. The molecule has 0 spiro atoms. The fraction of sp³-hybridized carbons (Fsp3) is 0.519. The smallest absolute Gasteiger partial charge is 0.221 e. The normalized spacial score (nSPS) is 14.6. The minimum absolute atomic E-state index is 0.559. The molecule has 1 aliphatic rings. The lowest BCUT2D eigenvalue weighted by molar-refractivity contribution is 0.444. The number of unbranched alkanes of at least 4 members (excludes halogenated alkanes) is 1. The first-order valence-electron chi connectivity index (χ1n) is 13.2. The fourth-order valence-electron chi connectivity index (χ4n) is 5.24. The lowest BCUT2D eigenvalue weighted by Gasteiger charge is -2.22. The summed E-state index contributed by atoms with van der Waals surface area (Å²) >= 11 is 0. The van der Waals surface area contributed by atoms with Crippen LogP contribution in [0.25, 0.3) is 17.2 Å². The Bertz CT molecular complexity index is 1200. The van der Waals surface area contributed by atoms with Gasteiger partial charge in [0.15, 0.2) is 5.82 Å². The molecule has 184 valence electrons. The van der Waals surface area contributed by atoms with Gasteiger partial charge in [-0.05, 0) is 66.1 Å². The van der Waals surface area contributed by atoms with Crippen molar-refractivity contribution in [3.05, 3.63) is 59.3 Å². The molecule has 1 N–H and O–H groups in total. The number of aromatic amines is 1. The first-order chi connectivity index (χ1) is 17.3. The zero-order chi connectivity index (χ0) is 24.0. The van der Waals surface area contributed by atoms with Crippen molar-refractivity contribution in [2.75, 3.05) is 0 Å². The number of rotatable bonds is 10. The Balaban J connectivity index is 1.41. The molecule has 1 saturated carbocycles. The van der Waals surface area contributed by atoms with Gasteiger partial charge >= 0.3 is 0 Å². The average Bonchev–Trinajstić information content (AvgIpc) is 3.64. The number of hydrogen-bond acceptors (Lipinski definition) is 5. The van der Waals surface area contributed by atoms with Crippen LogP contribution in [-0.4, -0.2) is 40.0 Å². The zero-order valence-corrected chi connectivity index (χ0v) is 21.0. The van der Waals surface area contributed by atoms with Crippen molar-refractivity contribution in [1.29, 1.82) is 0 Å². The third-order valence-corrected chi connectivity index (χ3v) is 7.09. The number of aryl methyl sites for hydroxylation is 2. The van der Waals surface area contributed by atoms with E-state index < -0.39 is 0 Å². The third kappa shape index (κ3) is 5.21. The van der Waals surface area contributed by atoms with Crippen molar-refractivity contribution in [2.24, 2.45) is 0 Å². The van der Waals surface area contributed by atoms with E-state index in [0.717, 1.165) is 61.7 Å². The van der Waals surface area contributed by atoms with E-state index in [-0.39, 0.29) is 0 Å². The van der Waals surface area contributed by atoms with Crippen LogP contribution in [0.1, 0.15) is 93.9 Å². The lowest BCUT2D eigenvalue weighted by Crippen LogP contribution is -2.08. The molecule has 3 heterocycles. The SMILES string of the molecule is CCCCc1nc(CCC)nn1Cc1ccc(-n2ccc(C3CCCCC3)c2-c2nn[nH]n2)cc1. The van der Waals surface area contributed by atoms with Gasteiger partial charge in [-0.15, -0.1) is 10.2 Å². The molecule has 1 fully saturated rings. The van der Waals surface area contributed by atoms with Crippen LogP contribution in [0.3, 0.4) is 0 Å². The summed E-state index contributed by atoms with van der Waals surface area (Å²) in [7, 11) is 0. The van der Waals surface area contributed by atoms with Crippen molar-refractivity contribution in [3.8, 4) is 17.2 Å². The Morgan fingerprint density at radius 2 is 1.80 bits per heavy atom. The van der Waals surface area contributed by atoms with E-state index in [1.54, 1.807) is 0 Å². The van der Waals surface area contributed by atoms with Gasteiger partial charge in [0.2, 0.25) is 5.82 Å². The van der Waals surface area contributed by atoms with Gasteiger partial charge in [-0.3, -0.25) is 0 Å². The van der Waals surface area contributed by atoms with Crippen LogP contribution in [0.5, 0.6) is 0 Å². The van der Waals surface area contributed by atoms with E-state index >= 15 is 0 Å². The summed E-state index contributed by atoms with van der Waals surface area (Å²) in [6.07, 6.45) is 13.8. The molecule has 4 aromatic rings. The van der Waals surface area contributed by atoms with Gasteiger partial charge in [-0.25, -0.2) is 9.67 Å². The second kappa shape index (κ2) is 11.0. The summed E-state index contributed by atoms with van der Waals surface area (Å²) in [6, 6.07) is 11.0. The fourth-order valence-corrected chi connectivity index (χ4v) is 5.24. The Morgan fingerprint density at radius 3 is 2.51 bits per heavy atom. The predicted molar refractivity (Wildman–Crippen MR) is 136 cm³/mol. The van der Waals surface area contributed by atoms with Gasteiger partial charge < -0.3 is 4.57 Å². The summed E-state index contributed by atoms with van der Waals surface area (Å²) in [5.41, 5.74) is 4.72. The molecule has 0 saturated heterocycles. The minimum atomic E-state index is 0.559. The Kier molecular flexibility index (Phi) is 7.35. The number of nitrogens with one attached hydrogen (secondary N) is 1. The van der Waals surface area contributed by atoms with Crippen molar-refractivity contribution in [1.82, 2.24) is 40.0 Å². The van der Waals surface area contributed by atoms with Crippen LogP contribution in [0, 0.1) is 0 Å². The Hall–Kier alpha value is -3.29. The standard InChI is InChI=1S/C27H36N8/c1-3-5-12-25-28-24(9-4-2)31-35(25)19-20-13-15-22(16-14-20)34-18-17-23(21-10-7-6-8-11-21)26(34)27-29-32-33-30-27/h13-18,21H,3-12,19H2,1-2H3,(H,29,30,32,33). The van der Waals surface area contributed by atoms with Gasteiger partial charge in [0.05, 0.1) is 12.2 Å². The molecule has 0 bridgehead atoms. The first kappa shape index (κ1) is 23.5. The predicted octanol–water partition coefficient (Wildman–Crippen LogP) is 5.64. The molecule has 8 nitrogen and oxygen atoms in total. The van der Waals surface area contributed by atoms with Gasteiger partial charge in [-0.1, -0.05) is 51.7 Å². The maximum atomic E-state index is 4.81. The maximum Gasteiger partial charge on any atom is 0.221 e. The molecular formula is C27H36N8. The van der Waals surface area contributed by atoms with E-state index in [1.807, 2.05) is 0 Å². The summed E-state index contributed by atoms with van der Waals surface area (Å²) in [5.74, 6) is 3.28. The van der Waals surface area contributed by atoms with Crippen LogP contribution in [0.15, 0.2) is 36.5 Å². The van der Waals surface area contributed by atoms with Crippen LogP contribution < -0.4 is 0 Å². The van der Waals surface area contributed by atoms with Crippen molar-refractivity contribution >= 4 is 0 Å². The van der Waals surface area contributed by atoms with Crippen LogP contribution in [0.4, 0.5) is 0 Å². The van der Waals surface area contributed by atoms with Crippen LogP contribution in [-0.2, 0) is 19.4 Å². The van der Waals surface area contributed by atoms with Crippen LogP contribution in [0.2, 0.25) is 0 Å². The number of nitrogens with zero attached hydrogens (tertiary/aromatic N) is 7. The average molecular weight is 473 g/mol. The molecule has 0 aliphatic heterocycles. The molecule has 35 heavy (non-hydrogen) atoms. The highest BCUT2D eigenvalue weighted by Gasteiger charge is 2.24. The van der Waals surface area contributed by atoms with Gasteiger partial charge in [0.25, 0.3) is 0 Å². The molecule has 1 aliphatic carbocycles. The zero-order valence-electron chi connectivity index (χ0n) is 21.0. The van der Waals surface area contributed by atoms with Crippen molar-refractivity contribution in [3.63, 3.8) is 0 Å². The quantitative estimate of drug-likeness (QED) is 0.323. The number of tetrazole rings is 1. The molecule has 0 amide bonds. The van der Waals surface area contributed by atoms with Gasteiger partial charge in [0.1, 0.15) is 5.82 Å². The van der Waals surface area contributed by atoms with E-state index in [0.29, 0.717) is 11.7 Å². The molecular weight excluding hydrogens is 436 g/mol. The molecule has 5 rings (SSSR count). The second-order valence-electron chi connectivity index (χ2n) is 9.68. The Morgan fingerprint density at radius 1 is 0.971 bits per heavy atom. The molecule has 1 aromatic carbocycles. The lowest BCUT2D eigenvalue weighted by atomic mass is 9.84. The summed E-state index contributed by atoms with van der Waals surface area (Å²) in [4.78, 5) is 4.81. The largest absolute Gasteiger partial charge is 0.313 e. The highest BCUT2D eigenvalue weighted by molar-refractivity contribution is 5.61. The molecule has 0 atom stereocenters. The first-order valence-corrected chi connectivity index (χ1v) is 13.2. The van der Waals surface area contributed by atoms with Crippen molar-refractivity contribution in [2.45, 2.75) is 90.5 Å². The van der Waals surface area contributed by atoms with E-state index in [1.165, 1.54) is 43.2 Å². The molecule has 0 radical (unpaired) electrons. The monoisotopic (exact) mass is 472 g/mol. The highest BCUT2D eigenvalue weighted by Crippen LogP contribution is 2.38. The summed E-state index contributed by atoms with van der Waals surface area (Å²) in [5, 5.41) is 20.0. The van der Waals surface area contributed by atoms with E-state index in [9.17, 15) is 0 Å². The van der Waals surface area contributed by atoms with Crippen molar-refractivity contribution < 1.29 is 0 Å². The number of H-pyrrole nitrogens is 1. The Labute approximate surface area is 207 Å². The topological polar surface area (TPSA) is 90.1 Å². The third-order valence-electron chi connectivity index (χ3n) is 7.09. The van der Waals surface area contributed by atoms with Gasteiger partial charge in [-0.2, -0.15) is 10.3 Å². The number of aromatic nitrogens is 8. The maximum absolute atomic E-state index is 4.81. The highest BCUT2D eigenvalue weighted by atomic mass is 15.5. The second-order valence-corrected chi connectivity index (χ2v) is 9.68. The van der Waals surface area contributed by atoms with E-state index in [2.05, 4.69) is 80.2 Å². The summed E-state index contributed by atoms with van der Waals surface area (Å²) < 4.78 is 4.30.